The average Bonchev–Trinajstić information content (AvgIpc) is 2.72. The first-order valence-corrected chi connectivity index (χ1v) is 5.99. The van der Waals surface area contributed by atoms with E-state index in [0.29, 0.717) is 0 Å². The van der Waals surface area contributed by atoms with Crippen LogP contribution in [-0.2, 0) is 4.74 Å². The van der Waals surface area contributed by atoms with Gasteiger partial charge in [-0.1, -0.05) is 11.6 Å². The van der Waals surface area contributed by atoms with E-state index in [1.165, 1.54) is 5.56 Å². The topological polar surface area (TPSA) is 60.4 Å². The summed E-state index contributed by atoms with van der Waals surface area (Å²) < 4.78 is 11.3. The van der Waals surface area contributed by atoms with Gasteiger partial charge in [0.25, 0.3) is 0 Å². The van der Waals surface area contributed by atoms with E-state index in [1.807, 2.05) is 32.0 Å². The Kier molecular flexibility index (Phi) is 3.43. The van der Waals surface area contributed by atoms with Gasteiger partial charge in [0.2, 0.25) is 0 Å². The van der Waals surface area contributed by atoms with Crippen molar-refractivity contribution in [1.29, 1.82) is 0 Å². The van der Waals surface area contributed by atoms with Crippen LogP contribution < -0.4 is 11.3 Å². The van der Waals surface area contributed by atoms with Gasteiger partial charge in [0.05, 0.1) is 5.60 Å². The quantitative estimate of drug-likeness (QED) is 0.645. The number of ether oxygens (including phenoxy) is 1. The van der Waals surface area contributed by atoms with Crippen LogP contribution in [0.1, 0.15) is 31.2 Å². The molecule has 2 rings (SSSR count). The Morgan fingerprint density at radius 2 is 2.06 bits per heavy atom. The number of methoxy groups -OCH3 is 1. The number of nitrogens with two attached hydrogens (primary N) is 1. The average molecular weight is 248 g/mol. The first-order valence-electron chi connectivity index (χ1n) is 5.99. The van der Waals surface area contributed by atoms with Crippen LogP contribution in [0.3, 0.4) is 0 Å². The number of fused-ring (bicyclic) bond motifs is 1. The van der Waals surface area contributed by atoms with Gasteiger partial charge in [-0.2, -0.15) is 0 Å². The molecule has 1 atom stereocenters. The molecular formula is C14H20N2O2. The van der Waals surface area contributed by atoms with Crippen molar-refractivity contribution in [3.8, 4) is 0 Å². The molecule has 0 amide bonds. The molecule has 0 saturated carbocycles. The van der Waals surface area contributed by atoms with Crippen LogP contribution in [0, 0.1) is 6.92 Å². The molecule has 4 heteroatoms. The standard InChI is InChI=1S/C14H20N2O2/c1-9-5-6-11-10(7-9)8-12(18-11)13(16-15)14(2,3)17-4/h5-8,13,16H,15H2,1-4H3. The predicted octanol–water partition coefficient (Wildman–Crippen LogP) is 2.67. The fourth-order valence-corrected chi connectivity index (χ4v) is 2.07. The second-order valence-corrected chi connectivity index (χ2v) is 5.10. The summed E-state index contributed by atoms with van der Waals surface area (Å²) in [5, 5.41) is 1.08. The minimum absolute atomic E-state index is 0.199. The number of nitrogens with one attached hydrogen (secondary N) is 1. The predicted molar refractivity (Wildman–Crippen MR) is 72.1 cm³/mol. The van der Waals surface area contributed by atoms with Gasteiger partial charge in [0.15, 0.2) is 0 Å². The zero-order valence-corrected chi connectivity index (χ0v) is 11.3. The van der Waals surface area contributed by atoms with Gasteiger partial charge < -0.3 is 9.15 Å². The van der Waals surface area contributed by atoms with E-state index in [2.05, 4.69) is 18.4 Å². The lowest BCUT2D eigenvalue weighted by molar-refractivity contribution is -0.0165. The Morgan fingerprint density at radius 1 is 1.33 bits per heavy atom. The van der Waals surface area contributed by atoms with Crippen molar-refractivity contribution in [3.63, 3.8) is 0 Å². The first-order chi connectivity index (χ1) is 8.47. The third-order valence-electron chi connectivity index (χ3n) is 3.36. The number of benzene rings is 1. The minimum atomic E-state index is -0.447. The summed E-state index contributed by atoms with van der Waals surface area (Å²) in [6.45, 7) is 6.00. The molecule has 0 radical (unpaired) electrons. The molecule has 1 heterocycles. The normalized spacial score (nSPS) is 14.1. The molecule has 0 aliphatic heterocycles. The van der Waals surface area contributed by atoms with Crippen molar-refractivity contribution in [2.45, 2.75) is 32.4 Å². The van der Waals surface area contributed by atoms with Gasteiger partial charge in [-0.05, 0) is 39.0 Å². The molecule has 98 valence electrons. The Hall–Kier alpha value is -1.36. The molecule has 3 N–H and O–H groups in total. The number of hydrogen-bond acceptors (Lipinski definition) is 4. The van der Waals surface area contributed by atoms with Crippen molar-refractivity contribution in [2.75, 3.05) is 7.11 Å². The lowest BCUT2D eigenvalue weighted by Gasteiger charge is -2.30. The third-order valence-corrected chi connectivity index (χ3v) is 3.36. The lowest BCUT2D eigenvalue weighted by Crippen LogP contribution is -2.43. The van der Waals surface area contributed by atoms with E-state index in [4.69, 9.17) is 15.0 Å². The van der Waals surface area contributed by atoms with Gasteiger partial charge in [-0.3, -0.25) is 5.84 Å². The van der Waals surface area contributed by atoms with Crippen LogP contribution in [0.15, 0.2) is 28.7 Å². The van der Waals surface area contributed by atoms with E-state index < -0.39 is 5.60 Å². The molecule has 1 aromatic carbocycles. The first kappa shape index (κ1) is 13.1. The summed E-state index contributed by atoms with van der Waals surface area (Å²) in [5.41, 5.74) is 4.39. The Labute approximate surface area is 107 Å². The van der Waals surface area contributed by atoms with Crippen molar-refractivity contribution in [1.82, 2.24) is 5.43 Å². The summed E-state index contributed by atoms with van der Waals surface area (Å²) in [6, 6.07) is 7.91. The molecule has 18 heavy (non-hydrogen) atoms. The molecule has 0 bridgehead atoms. The molecular weight excluding hydrogens is 228 g/mol. The SMILES string of the molecule is COC(C)(C)C(NN)c1cc2cc(C)ccc2o1. The van der Waals surface area contributed by atoms with Crippen LogP contribution in [0.2, 0.25) is 0 Å². The van der Waals surface area contributed by atoms with Gasteiger partial charge in [-0.25, -0.2) is 5.43 Å². The Balaban J connectivity index is 2.46. The number of hydrazine groups is 1. The largest absolute Gasteiger partial charge is 0.459 e. The zero-order chi connectivity index (χ0) is 13.3. The smallest absolute Gasteiger partial charge is 0.134 e. The maximum Gasteiger partial charge on any atom is 0.134 e. The van der Waals surface area contributed by atoms with Crippen LogP contribution in [0.4, 0.5) is 0 Å². The van der Waals surface area contributed by atoms with Crippen molar-refractivity contribution in [3.05, 3.63) is 35.6 Å². The molecule has 2 aromatic rings. The van der Waals surface area contributed by atoms with E-state index in [-0.39, 0.29) is 6.04 Å². The fourth-order valence-electron chi connectivity index (χ4n) is 2.07. The van der Waals surface area contributed by atoms with Crippen LogP contribution >= 0.6 is 0 Å². The second-order valence-electron chi connectivity index (χ2n) is 5.10. The molecule has 0 spiro atoms. The number of hydrogen-bond donors (Lipinski definition) is 2. The van der Waals surface area contributed by atoms with E-state index >= 15 is 0 Å². The fraction of sp³-hybridized carbons (Fsp3) is 0.429. The zero-order valence-electron chi connectivity index (χ0n) is 11.3. The lowest BCUT2D eigenvalue weighted by atomic mass is 9.96. The molecule has 4 nitrogen and oxygen atoms in total. The molecule has 1 aromatic heterocycles. The van der Waals surface area contributed by atoms with Crippen LogP contribution in [0.5, 0.6) is 0 Å². The summed E-state index contributed by atoms with van der Waals surface area (Å²) in [7, 11) is 1.66. The van der Waals surface area contributed by atoms with Gasteiger partial charge in [-0.15, -0.1) is 0 Å². The van der Waals surface area contributed by atoms with Crippen molar-refractivity contribution in [2.24, 2.45) is 5.84 Å². The highest BCUT2D eigenvalue weighted by atomic mass is 16.5. The second kappa shape index (κ2) is 4.72. The summed E-state index contributed by atoms with van der Waals surface area (Å²) in [4.78, 5) is 0. The molecule has 0 saturated heterocycles. The monoisotopic (exact) mass is 248 g/mol. The van der Waals surface area contributed by atoms with Crippen LogP contribution in [0.25, 0.3) is 11.0 Å². The molecule has 0 aliphatic rings. The van der Waals surface area contributed by atoms with E-state index in [1.54, 1.807) is 7.11 Å². The summed E-state index contributed by atoms with van der Waals surface area (Å²) in [5.74, 6) is 6.41. The van der Waals surface area contributed by atoms with Gasteiger partial charge in [0.1, 0.15) is 17.4 Å². The Morgan fingerprint density at radius 3 is 2.67 bits per heavy atom. The number of rotatable bonds is 4. The maximum absolute atomic E-state index is 5.84. The van der Waals surface area contributed by atoms with E-state index in [0.717, 1.165) is 16.7 Å². The molecule has 1 unspecified atom stereocenters. The van der Waals surface area contributed by atoms with Gasteiger partial charge >= 0.3 is 0 Å². The molecule has 0 aliphatic carbocycles. The highest BCUT2D eigenvalue weighted by Gasteiger charge is 2.32. The molecule has 0 fully saturated rings. The van der Waals surface area contributed by atoms with Crippen molar-refractivity contribution >= 4 is 11.0 Å². The summed E-state index contributed by atoms with van der Waals surface area (Å²) >= 11 is 0. The number of furan rings is 1. The highest BCUT2D eigenvalue weighted by Crippen LogP contribution is 2.32. The number of aryl methyl sites for hydroxylation is 1. The maximum atomic E-state index is 5.84. The third kappa shape index (κ3) is 2.27. The highest BCUT2D eigenvalue weighted by molar-refractivity contribution is 5.78. The van der Waals surface area contributed by atoms with Gasteiger partial charge in [0, 0.05) is 12.5 Å². The summed E-state index contributed by atoms with van der Waals surface area (Å²) in [6.07, 6.45) is 0. The Bertz CT molecular complexity index is 546. The minimum Gasteiger partial charge on any atom is -0.459 e. The van der Waals surface area contributed by atoms with E-state index in [9.17, 15) is 0 Å². The van der Waals surface area contributed by atoms with Crippen LogP contribution in [-0.4, -0.2) is 12.7 Å². The van der Waals surface area contributed by atoms with Crippen molar-refractivity contribution < 1.29 is 9.15 Å².